The van der Waals surface area contributed by atoms with Crippen molar-refractivity contribution in [2.75, 3.05) is 12.4 Å². The van der Waals surface area contributed by atoms with Crippen LogP contribution in [-0.4, -0.2) is 22.8 Å². The van der Waals surface area contributed by atoms with Gasteiger partial charge < -0.3 is 10.1 Å². The van der Waals surface area contributed by atoms with E-state index in [4.69, 9.17) is 16.3 Å². The van der Waals surface area contributed by atoms with Crippen molar-refractivity contribution in [1.82, 2.24) is 9.78 Å². The monoisotopic (exact) mass is 433 g/mol. The van der Waals surface area contributed by atoms with Crippen molar-refractivity contribution in [1.29, 1.82) is 0 Å². The molecule has 0 saturated heterocycles. The summed E-state index contributed by atoms with van der Waals surface area (Å²) in [7, 11) is 1.50. The molecule has 7 heteroatoms. The zero-order chi connectivity index (χ0) is 22.0. The minimum Gasteiger partial charge on any atom is -0.495 e. The fourth-order valence-corrected chi connectivity index (χ4v) is 3.53. The van der Waals surface area contributed by atoms with Crippen molar-refractivity contribution in [3.63, 3.8) is 0 Å². The van der Waals surface area contributed by atoms with Crippen LogP contribution in [0.1, 0.15) is 21.6 Å². The molecule has 156 valence electrons. The molecule has 0 unspecified atom stereocenters. The number of aromatic nitrogens is 2. The summed E-state index contributed by atoms with van der Waals surface area (Å²) in [6.45, 7) is 2.10. The number of ether oxygens (including phenoxy) is 1. The van der Waals surface area contributed by atoms with E-state index >= 15 is 0 Å². The van der Waals surface area contributed by atoms with Crippen LogP contribution in [0.25, 0.3) is 10.8 Å². The molecule has 3 aromatic carbocycles. The predicted octanol–water partition coefficient (Wildman–Crippen LogP) is 4.67. The number of nitrogens with zero attached hydrogens (tertiary/aromatic N) is 2. The second-order valence-electron chi connectivity index (χ2n) is 7.10. The number of hydrogen-bond acceptors (Lipinski definition) is 4. The summed E-state index contributed by atoms with van der Waals surface area (Å²) in [4.78, 5) is 26.2. The Kier molecular flexibility index (Phi) is 5.73. The number of halogens is 1. The highest BCUT2D eigenvalue weighted by Gasteiger charge is 2.19. The van der Waals surface area contributed by atoms with Crippen LogP contribution in [0.15, 0.2) is 71.5 Å². The highest BCUT2D eigenvalue weighted by atomic mass is 35.5. The van der Waals surface area contributed by atoms with Crippen LogP contribution >= 0.6 is 11.6 Å². The number of fused-ring (bicyclic) bond motifs is 1. The second kappa shape index (κ2) is 8.62. The van der Waals surface area contributed by atoms with E-state index in [0.717, 1.165) is 11.1 Å². The zero-order valence-electron chi connectivity index (χ0n) is 17.1. The summed E-state index contributed by atoms with van der Waals surface area (Å²) in [5.41, 5.74) is 2.08. The molecule has 31 heavy (non-hydrogen) atoms. The molecule has 1 amide bonds. The van der Waals surface area contributed by atoms with Crippen LogP contribution in [0.4, 0.5) is 5.69 Å². The van der Waals surface area contributed by atoms with E-state index in [1.165, 1.54) is 11.8 Å². The molecule has 0 atom stereocenters. The van der Waals surface area contributed by atoms with Gasteiger partial charge in [0.05, 0.1) is 24.7 Å². The topological polar surface area (TPSA) is 73.2 Å². The summed E-state index contributed by atoms with van der Waals surface area (Å²) in [5.74, 6) is -0.0103. The molecule has 1 heterocycles. The summed E-state index contributed by atoms with van der Waals surface area (Å²) in [5, 5.41) is 8.71. The molecule has 0 bridgehead atoms. The largest absolute Gasteiger partial charge is 0.495 e. The summed E-state index contributed by atoms with van der Waals surface area (Å²) in [6.07, 6.45) is 0. The minimum absolute atomic E-state index is 0.154. The summed E-state index contributed by atoms with van der Waals surface area (Å²) in [6, 6.07) is 19.8. The maximum absolute atomic E-state index is 13.2. The smallest absolute Gasteiger partial charge is 0.276 e. The third-order valence-electron chi connectivity index (χ3n) is 4.99. The van der Waals surface area contributed by atoms with Crippen LogP contribution in [0.3, 0.4) is 0 Å². The first-order chi connectivity index (χ1) is 15.0. The van der Waals surface area contributed by atoms with Gasteiger partial charge in [-0.3, -0.25) is 9.59 Å². The lowest BCUT2D eigenvalue weighted by Gasteiger charge is -2.14. The quantitative estimate of drug-likeness (QED) is 0.496. The first-order valence-electron chi connectivity index (χ1n) is 9.67. The minimum atomic E-state index is -0.446. The molecule has 0 aliphatic rings. The first kappa shape index (κ1) is 20.6. The van der Waals surface area contributed by atoms with E-state index in [2.05, 4.69) is 10.4 Å². The molecule has 0 radical (unpaired) electrons. The van der Waals surface area contributed by atoms with Gasteiger partial charge in [-0.1, -0.05) is 60.1 Å². The molecular weight excluding hydrogens is 414 g/mol. The lowest BCUT2D eigenvalue weighted by Crippen LogP contribution is -2.28. The molecule has 0 spiro atoms. The third-order valence-corrected chi connectivity index (χ3v) is 5.39. The van der Waals surface area contributed by atoms with E-state index in [0.29, 0.717) is 27.2 Å². The number of hydrogen-bond donors (Lipinski definition) is 1. The van der Waals surface area contributed by atoms with E-state index in [9.17, 15) is 9.59 Å². The number of amides is 1. The Bertz CT molecular complexity index is 1330. The van der Waals surface area contributed by atoms with E-state index in [-0.39, 0.29) is 17.8 Å². The van der Waals surface area contributed by atoms with Gasteiger partial charge in [0.1, 0.15) is 5.75 Å². The Balaban J connectivity index is 1.80. The Morgan fingerprint density at radius 1 is 1.06 bits per heavy atom. The van der Waals surface area contributed by atoms with Crippen LogP contribution in [-0.2, 0) is 6.54 Å². The molecule has 0 aliphatic carbocycles. The Labute approximate surface area is 184 Å². The molecule has 6 nitrogen and oxygen atoms in total. The van der Waals surface area contributed by atoms with Gasteiger partial charge in [0.25, 0.3) is 11.5 Å². The van der Waals surface area contributed by atoms with Crippen molar-refractivity contribution in [3.8, 4) is 5.75 Å². The predicted molar refractivity (Wildman–Crippen MR) is 122 cm³/mol. The molecule has 0 saturated carbocycles. The SMILES string of the molecule is COc1cc(Cl)c(C)cc1NC(=O)c1nn(Cc2ccccc2)c(=O)c2ccccc12. The molecule has 1 aromatic heterocycles. The summed E-state index contributed by atoms with van der Waals surface area (Å²) < 4.78 is 6.67. The number of benzene rings is 3. The lowest BCUT2D eigenvalue weighted by molar-refractivity contribution is 0.102. The van der Waals surface area contributed by atoms with Gasteiger partial charge in [0, 0.05) is 16.5 Å². The lowest BCUT2D eigenvalue weighted by atomic mass is 10.1. The van der Waals surface area contributed by atoms with Crippen molar-refractivity contribution < 1.29 is 9.53 Å². The normalized spacial score (nSPS) is 10.8. The number of anilines is 1. The fraction of sp³-hybridized carbons (Fsp3) is 0.125. The number of rotatable bonds is 5. The molecule has 0 fully saturated rings. The summed E-state index contributed by atoms with van der Waals surface area (Å²) >= 11 is 6.17. The highest BCUT2D eigenvalue weighted by molar-refractivity contribution is 6.31. The zero-order valence-corrected chi connectivity index (χ0v) is 17.8. The molecule has 0 aliphatic heterocycles. The number of aryl methyl sites for hydroxylation is 1. The van der Waals surface area contributed by atoms with Gasteiger partial charge in [0.15, 0.2) is 5.69 Å². The standard InChI is InChI=1S/C24H20ClN3O3/c1-15-12-20(21(31-2)13-19(15)25)26-23(29)22-17-10-6-7-11-18(17)24(30)28(27-22)14-16-8-4-3-5-9-16/h3-13H,14H2,1-2H3,(H,26,29). The Morgan fingerprint density at radius 2 is 1.74 bits per heavy atom. The average Bonchev–Trinajstić information content (AvgIpc) is 2.78. The third kappa shape index (κ3) is 4.15. The molecule has 4 aromatic rings. The molecule has 4 rings (SSSR count). The number of carbonyl (C=O) groups excluding carboxylic acids is 1. The van der Waals surface area contributed by atoms with Crippen molar-refractivity contribution in [2.24, 2.45) is 0 Å². The van der Waals surface area contributed by atoms with E-state index in [1.807, 2.05) is 37.3 Å². The molecule has 1 N–H and O–H groups in total. The Morgan fingerprint density at radius 3 is 2.45 bits per heavy atom. The van der Waals surface area contributed by atoms with E-state index < -0.39 is 5.91 Å². The maximum Gasteiger partial charge on any atom is 0.276 e. The van der Waals surface area contributed by atoms with Crippen LogP contribution in [0, 0.1) is 6.92 Å². The van der Waals surface area contributed by atoms with Gasteiger partial charge in [-0.2, -0.15) is 5.10 Å². The van der Waals surface area contributed by atoms with Crippen LogP contribution < -0.4 is 15.6 Å². The highest BCUT2D eigenvalue weighted by Crippen LogP contribution is 2.31. The maximum atomic E-state index is 13.2. The van der Waals surface area contributed by atoms with Crippen LogP contribution in [0.5, 0.6) is 5.75 Å². The van der Waals surface area contributed by atoms with Gasteiger partial charge in [-0.15, -0.1) is 0 Å². The van der Waals surface area contributed by atoms with Crippen molar-refractivity contribution in [2.45, 2.75) is 13.5 Å². The second-order valence-corrected chi connectivity index (χ2v) is 7.51. The van der Waals surface area contributed by atoms with Gasteiger partial charge in [0.2, 0.25) is 0 Å². The number of nitrogens with one attached hydrogen (secondary N) is 1. The first-order valence-corrected chi connectivity index (χ1v) is 10.0. The number of methoxy groups -OCH3 is 1. The molecular formula is C24H20ClN3O3. The van der Waals surface area contributed by atoms with Gasteiger partial charge in [-0.05, 0) is 30.2 Å². The van der Waals surface area contributed by atoms with E-state index in [1.54, 1.807) is 36.4 Å². The average molecular weight is 434 g/mol. The Hall–Kier alpha value is -3.64. The van der Waals surface area contributed by atoms with Crippen LogP contribution in [0.2, 0.25) is 5.02 Å². The van der Waals surface area contributed by atoms with Crippen molar-refractivity contribution in [3.05, 3.63) is 98.9 Å². The fourth-order valence-electron chi connectivity index (χ4n) is 3.38. The van der Waals surface area contributed by atoms with Gasteiger partial charge in [-0.25, -0.2) is 4.68 Å². The number of carbonyl (C=O) groups is 1. The van der Waals surface area contributed by atoms with Crippen molar-refractivity contribution >= 4 is 34.0 Å². The van der Waals surface area contributed by atoms with Gasteiger partial charge >= 0.3 is 0 Å².